The Bertz CT molecular complexity index is 1190. The highest BCUT2D eigenvalue weighted by Gasteiger charge is 2.21. The maximum Gasteiger partial charge on any atom is 0.259 e. The maximum absolute atomic E-state index is 13.3. The fourth-order valence-electron chi connectivity index (χ4n) is 3.61. The molecular weight excluding hydrogens is 406 g/mol. The third kappa shape index (κ3) is 4.69. The number of nitrogens with one attached hydrogen (secondary N) is 1. The van der Waals surface area contributed by atoms with Gasteiger partial charge in [-0.3, -0.25) is 4.79 Å². The van der Waals surface area contributed by atoms with Crippen LogP contribution in [-0.4, -0.2) is 15.5 Å². The number of amides is 1. The molecule has 0 aliphatic rings. The highest BCUT2D eigenvalue weighted by molar-refractivity contribution is 7.99. The molecule has 4 rings (SSSR count). The number of anilines is 1. The molecule has 6 heteroatoms. The normalized spacial score (nSPS) is 12.2. The SMILES string of the molecule is CCCCc1oc2ccccc2c1C(=O)Nc1cccc(C(C)Sc2nccn2C)c1. The number of para-hydroxylation sites is 1. The van der Waals surface area contributed by atoms with Gasteiger partial charge in [0.2, 0.25) is 0 Å². The molecule has 2 aromatic carbocycles. The predicted octanol–water partition coefficient (Wildman–Crippen LogP) is 6.61. The lowest BCUT2D eigenvalue weighted by atomic mass is 10.1. The zero-order valence-electron chi connectivity index (χ0n) is 18.1. The highest BCUT2D eigenvalue weighted by atomic mass is 32.2. The number of nitrogens with zero attached hydrogens (tertiary/aromatic N) is 2. The van der Waals surface area contributed by atoms with Gasteiger partial charge in [-0.25, -0.2) is 4.98 Å². The molecule has 0 radical (unpaired) electrons. The zero-order chi connectivity index (χ0) is 21.8. The van der Waals surface area contributed by atoms with Gasteiger partial charge in [-0.05, 0) is 37.1 Å². The summed E-state index contributed by atoms with van der Waals surface area (Å²) in [6, 6.07) is 15.8. The van der Waals surface area contributed by atoms with Gasteiger partial charge in [0.25, 0.3) is 5.91 Å². The maximum atomic E-state index is 13.3. The van der Waals surface area contributed by atoms with Gasteiger partial charge in [0, 0.05) is 42.2 Å². The van der Waals surface area contributed by atoms with Crippen molar-refractivity contribution in [2.75, 3.05) is 5.32 Å². The minimum atomic E-state index is -0.127. The Kier molecular flexibility index (Phi) is 6.47. The lowest BCUT2D eigenvalue weighted by Crippen LogP contribution is -2.13. The topological polar surface area (TPSA) is 60.1 Å². The summed E-state index contributed by atoms with van der Waals surface area (Å²) in [6.07, 6.45) is 6.53. The van der Waals surface area contributed by atoms with E-state index in [1.54, 1.807) is 18.0 Å². The Morgan fingerprint density at radius 3 is 2.84 bits per heavy atom. The summed E-state index contributed by atoms with van der Waals surface area (Å²) in [5.41, 5.74) is 3.31. The summed E-state index contributed by atoms with van der Waals surface area (Å²) in [6.45, 7) is 4.28. The van der Waals surface area contributed by atoms with Gasteiger partial charge in [-0.1, -0.05) is 55.4 Å². The number of fused-ring (bicyclic) bond motifs is 1. The number of carbonyl (C=O) groups excluding carboxylic acids is 1. The number of aryl methyl sites for hydroxylation is 2. The number of thioether (sulfide) groups is 1. The summed E-state index contributed by atoms with van der Waals surface area (Å²) in [5, 5.41) is 5.12. The second-order valence-corrected chi connectivity index (χ2v) is 8.97. The van der Waals surface area contributed by atoms with E-state index < -0.39 is 0 Å². The minimum absolute atomic E-state index is 0.127. The van der Waals surface area contributed by atoms with Crippen molar-refractivity contribution in [2.24, 2.45) is 7.05 Å². The van der Waals surface area contributed by atoms with E-state index in [9.17, 15) is 4.79 Å². The van der Waals surface area contributed by atoms with Crippen LogP contribution in [0.3, 0.4) is 0 Å². The van der Waals surface area contributed by atoms with Gasteiger partial charge in [0.1, 0.15) is 11.3 Å². The quantitative estimate of drug-likeness (QED) is 0.317. The van der Waals surface area contributed by atoms with Gasteiger partial charge < -0.3 is 14.3 Å². The average molecular weight is 434 g/mol. The molecule has 0 aliphatic carbocycles. The third-order valence-corrected chi connectivity index (χ3v) is 6.56. The van der Waals surface area contributed by atoms with Crippen LogP contribution in [0.1, 0.15) is 53.6 Å². The van der Waals surface area contributed by atoms with Crippen molar-refractivity contribution >= 4 is 34.3 Å². The van der Waals surface area contributed by atoms with E-state index in [4.69, 9.17) is 4.42 Å². The first-order chi connectivity index (χ1) is 15.1. The van der Waals surface area contributed by atoms with Crippen LogP contribution in [0.15, 0.2) is 70.5 Å². The molecule has 0 saturated heterocycles. The number of hydrogen-bond acceptors (Lipinski definition) is 4. The molecule has 0 bridgehead atoms. The van der Waals surface area contributed by atoms with Crippen LogP contribution in [0.25, 0.3) is 11.0 Å². The molecule has 0 saturated carbocycles. The minimum Gasteiger partial charge on any atom is -0.460 e. The fraction of sp³-hybridized carbons (Fsp3) is 0.280. The van der Waals surface area contributed by atoms with Gasteiger partial charge >= 0.3 is 0 Å². The van der Waals surface area contributed by atoms with Crippen molar-refractivity contribution in [3.8, 4) is 0 Å². The Hall–Kier alpha value is -2.99. The number of benzene rings is 2. The number of furan rings is 1. The molecule has 0 spiro atoms. The molecule has 5 nitrogen and oxygen atoms in total. The number of carbonyl (C=O) groups is 1. The van der Waals surface area contributed by atoms with Crippen LogP contribution in [-0.2, 0) is 13.5 Å². The molecule has 2 aromatic heterocycles. The highest BCUT2D eigenvalue weighted by Crippen LogP contribution is 2.35. The van der Waals surface area contributed by atoms with Crippen LogP contribution in [0.2, 0.25) is 0 Å². The fourth-order valence-corrected chi connectivity index (χ4v) is 4.56. The van der Waals surface area contributed by atoms with Gasteiger partial charge in [-0.15, -0.1) is 0 Å². The third-order valence-electron chi connectivity index (χ3n) is 5.33. The molecular formula is C25H27N3O2S. The van der Waals surface area contributed by atoms with Crippen molar-refractivity contribution in [2.45, 2.75) is 43.5 Å². The van der Waals surface area contributed by atoms with Crippen molar-refractivity contribution in [3.63, 3.8) is 0 Å². The number of aromatic nitrogens is 2. The van der Waals surface area contributed by atoms with E-state index in [0.29, 0.717) is 5.56 Å². The molecule has 1 amide bonds. The number of rotatable bonds is 8. The molecule has 1 N–H and O–H groups in total. The summed E-state index contributed by atoms with van der Waals surface area (Å²) < 4.78 is 8.03. The van der Waals surface area contributed by atoms with Gasteiger partial charge in [0.15, 0.2) is 5.16 Å². The van der Waals surface area contributed by atoms with Crippen LogP contribution in [0, 0.1) is 0 Å². The molecule has 1 unspecified atom stereocenters. The average Bonchev–Trinajstić information content (AvgIpc) is 3.35. The first-order valence-electron chi connectivity index (χ1n) is 10.6. The van der Waals surface area contributed by atoms with E-state index in [1.807, 2.05) is 60.3 Å². The lowest BCUT2D eigenvalue weighted by Gasteiger charge is -2.13. The van der Waals surface area contributed by atoms with Crippen LogP contribution < -0.4 is 5.32 Å². The standard InChI is InChI=1S/C25H27N3O2S/c1-4-5-12-22-23(20-11-6-7-13-21(20)30-22)24(29)27-19-10-8-9-18(16-19)17(2)31-25-26-14-15-28(25)3/h6-11,13-17H,4-5,12H2,1-3H3,(H,27,29). The van der Waals surface area contributed by atoms with E-state index in [1.165, 1.54) is 0 Å². The molecule has 160 valence electrons. The van der Waals surface area contributed by atoms with Gasteiger partial charge in [0.05, 0.1) is 5.56 Å². The largest absolute Gasteiger partial charge is 0.460 e. The van der Waals surface area contributed by atoms with Crippen LogP contribution in [0.5, 0.6) is 0 Å². The Labute approximate surface area is 186 Å². The van der Waals surface area contributed by atoms with Crippen LogP contribution >= 0.6 is 11.8 Å². The molecule has 0 aliphatic heterocycles. The van der Waals surface area contributed by atoms with Gasteiger partial charge in [-0.2, -0.15) is 0 Å². The van der Waals surface area contributed by atoms with Crippen molar-refractivity contribution in [1.82, 2.24) is 9.55 Å². The van der Waals surface area contributed by atoms with Crippen molar-refractivity contribution in [1.29, 1.82) is 0 Å². The van der Waals surface area contributed by atoms with E-state index in [0.717, 1.165) is 52.4 Å². The predicted molar refractivity (Wildman–Crippen MR) is 127 cm³/mol. The number of hydrogen-bond donors (Lipinski definition) is 1. The Morgan fingerprint density at radius 2 is 2.06 bits per heavy atom. The summed E-state index contributed by atoms with van der Waals surface area (Å²) >= 11 is 1.69. The molecule has 31 heavy (non-hydrogen) atoms. The lowest BCUT2D eigenvalue weighted by molar-refractivity contribution is 0.102. The zero-order valence-corrected chi connectivity index (χ0v) is 18.9. The first kappa shape index (κ1) is 21.2. The monoisotopic (exact) mass is 433 g/mol. The molecule has 4 aromatic rings. The molecule has 0 fully saturated rings. The van der Waals surface area contributed by atoms with Crippen LogP contribution in [0.4, 0.5) is 5.69 Å². The number of imidazole rings is 1. The van der Waals surface area contributed by atoms with E-state index in [-0.39, 0.29) is 11.2 Å². The molecule has 2 heterocycles. The van der Waals surface area contributed by atoms with Crippen molar-refractivity contribution < 1.29 is 9.21 Å². The summed E-state index contributed by atoms with van der Waals surface area (Å²) in [7, 11) is 1.99. The van der Waals surface area contributed by atoms with E-state index in [2.05, 4.69) is 30.2 Å². The second kappa shape index (κ2) is 9.43. The number of unbranched alkanes of at least 4 members (excludes halogenated alkanes) is 1. The smallest absolute Gasteiger partial charge is 0.259 e. The Morgan fingerprint density at radius 1 is 1.23 bits per heavy atom. The first-order valence-corrected chi connectivity index (χ1v) is 11.5. The molecule has 1 atom stereocenters. The summed E-state index contributed by atoms with van der Waals surface area (Å²) in [4.78, 5) is 17.7. The van der Waals surface area contributed by atoms with E-state index >= 15 is 0 Å². The second-order valence-electron chi connectivity index (χ2n) is 7.66. The Balaban J connectivity index is 1.56. The van der Waals surface area contributed by atoms with Crippen molar-refractivity contribution in [3.05, 3.63) is 77.8 Å². The summed E-state index contributed by atoms with van der Waals surface area (Å²) in [5.74, 6) is 0.632.